The van der Waals surface area contributed by atoms with E-state index in [-0.39, 0.29) is 6.29 Å². The molecule has 0 spiro atoms. The molecule has 0 radical (unpaired) electrons. The van der Waals surface area contributed by atoms with E-state index in [0.717, 1.165) is 16.5 Å². The largest absolute Gasteiger partial charge is 0.354 e. The van der Waals surface area contributed by atoms with Crippen molar-refractivity contribution >= 4 is 22.1 Å². The minimum absolute atomic E-state index is 0.278. The molecule has 4 heteroatoms. The summed E-state index contributed by atoms with van der Waals surface area (Å²) in [7, 11) is 3.21. The Morgan fingerprint density at radius 2 is 2.06 bits per heavy atom. The molecule has 94 valence electrons. The maximum Gasteiger partial charge on any atom is 0.176 e. The van der Waals surface area contributed by atoms with Crippen LogP contribution in [0.4, 0.5) is 0 Å². The number of rotatable bonds is 6. The maximum absolute atomic E-state index is 5.06. The van der Waals surface area contributed by atoms with Crippen molar-refractivity contribution in [2.24, 2.45) is 4.99 Å². The number of ether oxygens (including phenoxy) is 2. The first-order chi connectivity index (χ1) is 8.21. The van der Waals surface area contributed by atoms with Crippen molar-refractivity contribution in [3.8, 4) is 0 Å². The number of aliphatic imine (C=N–C) groups is 1. The quantitative estimate of drug-likeness (QED) is 0.597. The lowest BCUT2D eigenvalue weighted by Gasteiger charge is -2.09. The average Bonchev–Trinajstić information content (AvgIpc) is 2.36. The van der Waals surface area contributed by atoms with Crippen molar-refractivity contribution in [3.05, 3.63) is 33.8 Å². The number of methoxy groups -OCH3 is 2. The molecule has 1 aromatic carbocycles. The van der Waals surface area contributed by atoms with Gasteiger partial charge in [0, 0.05) is 30.5 Å². The summed E-state index contributed by atoms with van der Waals surface area (Å²) in [6.07, 6.45) is 2.58. The second kappa shape index (κ2) is 7.58. The highest BCUT2D eigenvalue weighted by atomic mass is 79.9. The Morgan fingerprint density at radius 3 is 2.59 bits per heavy atom. The van der Waals surface area contributed by atoms with E-state index in [9.17, 15) is 0 Å². The monoisotopic (exact) mass is 299 g/mol. The highest BCUT2D eigenvalue weighted by molar-refractivity contribution is 9.10. The molecule has 0 saturated carbocycles. The van der Waals surface area contributed by atoms with Crippen LogP contribution in [0.1, 0.15) is 18.1 Å². The highest BCUT2D eigenvalue weighted by Gasteiger charge is 2.02. The first kappa shape index (κ1) is 14.4. The van der Waals surface area contributed by atoms with Crippen LogP contribution in [0, 0.1) is 0 Å². The van der Waals surface area contributed by atoms with Crippen LogP contribution in [0.25, 0.3) is 0 Å². The summed E-state index contributed by atoms with van der Waals surface area (Å²) >= 11 is 3.54. The van der Waals surface area contributed by atoms with Crippen LogP contribution in [0.3, 0.4) is 0 Å². The van der Waals surface area contributed by atoms with Gasteiger partial charge in [-0.3, -0.25) is 4.99 Å². The molecule has 0 aliphatic carbocycles. The second-order valence-corrected chi connectivity index (χ2v) is 4.46. The number of aryl methyl sites for hydroxylation is 1. The van der Waals surface area contributed by atoms with Crippen molar-refractivity contribution in [1.29, 1.82) is 0 Å². The number of halogens is 1. The van der Waals surface area contributed by atoms with Gasteiger partial charge in [0.05, 0.1) is 6.54 Å². The predicted octanol–water partition coefficient (Wildman–Crippen LogP) is 3.05. The van der Waals surface area contributed by atoms with Gasteiger partial charge in [0.1, 0.15) is 0 Å². The third-order valence-electron chi connectivity index (χ3n) is 2.48. The zero-order valence-corrected chi connectivity index (χ0v) is 12.0. The average molecular weight is 300 g/mol. The van der Waals surface area contributed by atoms with E-state index in [4.69, 9.17) is 9.47 Å². The van der Waals surface area contributed by atoms with Crippen LogP contribution < -0.4 is 0 Å². The Kier molecular flexibility index (Phi) is 6.40. The minimum Gasteiger partial charge on any atom is -0.354 e. The molecule has 0 N–H and O–H groups in total. The van der Waals surface area contributed by atoms with E-state index in [1.54, 1.807) is 14.2 Å². The standard InChI is InChI=1S/C13H18BrNO2/c1-4-10-5-6-11(12(14)7-10)8-15-9-13(16-2)17-3/h5-8,13H,4,9H2,1-3H3. The number of hydrogen-bond donors (Lipinski definition) is 0. The topological polar surface area (TPSA) is 30.8 Å². The van der Waals surface area contributed by atoms with E-state index in [1.807, 2.05) is 6.21 Å². The second-order valence-electron chi connectivity index (χ2n) is 3.60. The van der Waals surface area contributed by atoms with E-state index < -0.39 is 0 Å². The van der Waals surface area contributed by atoms with Gasteiger partial charge in [-0.25, -0.2) is 0 Å². The van der Waals surface area contributed by atoms with Gasteiger partial charge in [-0.15, -0.1) is 0 Å². The van der Waals surface area contributed by atoms with Gasteiger partial charge in [-0.05, 0) is 18.1 Å². The van der Waals surface area contributed by atoms with Crippen LogP contribution in [-0.2, 0) is 15.9 Å². The molecule has 1 rings (SSSR count). The molecule has 0 bridgehead atoms. The highest BCUT2D eigenvalue weighted by Crippen LogP contribution is 2.17. The smallest absolute Gasteiger partial charge is 0.176 e. The molecular weight excluding hydrogens is 282 g/mol. The van der Waals surface area contributed by atoms with Crippen LogP contribution in [-0.4, -0.2) is 33.3 Å². The third-order valence-corrected chi connectivity index (χ3v) is 3.17. The number of benzene rings is 1. The third kappa shape index (κ3) is 4.58. The van der Waals surface area contributed by atoms with Crippen LogP contribution in [0.5, 0.6) is 0 Å². The molecule has 0 heterocycles. The molecule has 3 nitrogen and oxygen atoms in total. The summed E-state index contributed by atoms with van der Waals surface area (Å²) in [5, 5.41) is 0. The van der Waals surface area contributed by atoms with Gasteiger partial charge in [0.2, 0.25) is 0 Å². The summed E-state index contributed by atoms with van der Waals surface area (Å²) in [4.78, 5) is 4.29. The molecule has 0 fully saturated rings. The van der Waals surface area contributed by atoms with Crippen molar-refractivity contribution < 1.29 is 9.47 Å². The minimum atomic E-state index is -0.278. The Bertz CT molecular complexity index is 376. The molecule has 0 aliphatic rings. The van der Waals surface area contributed by atoms with Crippen LogP contribution in [0.15, 0.2) is 27.7 Å². The fourth-order valence-corrected chi connectivity index (χ4v) is 1.91. The number of nitrogens with zero attached hydrogens (tertiary/aromatic N) is 1. The predicted molar refractivity (Wildman–Crippen MR) is 73.8 cm³/mol. The van der Waals surface area contributed by atoms with Crippen LogP contribution in [0.2, 0.25) is 0 Å². The van der Waals surface area contributed by atoms with Crippen molar-refractivity contribution in [3.63, 3.8) is 0 Å². The lowest BCUT2D eigenvalue weighted by Crippen LogP contribution is -2.16. The maximum atomic E-state index is 5.06. The summed E-state index contributed by atoms with van der Waals surface area (Å²) in [6.45, 7) is 2.63. The number of hydrogen-bond acceptors (Lipinski definition) is 3. The van der Waals surface area contributed by atoms with E-state index in [1.165, 1.54) is 5.56 Å². The lowest BCUT2D eigenvalue weighted by atomic mass is 10.1. The Labute approximate surface area is 111 Å². The molecule has 0 atom stereocenters. The van der Waals surface area contributed by atoms with Gasteiger partial charge < -0.3 is 9.47 Å². The van der Waals surface area contributed by atoms with Gasteiger partial charge in [-0.2, -0.15) is 0 Å². The van der Waals surface area contributed by atoms with E-state index in [0.29, 0.717) is 6.54 Å². The Balaban J connectivity index is 2.65. The van der Waals surface area contributed by atoms with Gasteiger partial charge in [0.25, 0.3) is 0 Å². The first-order valence-electron chi connectivity index (χ1n) is 5.55. The molecule has 0 aliphatic heterocycles. The molecule has 0 unspecified atom stereocenters. The van der Waals surface area contributed by atoms with Gasteiger partial charge in [0.15, 0.2) is 6.29 Å². The summed E-state index contributed by atoms with van der Waals surface area (Å²) in [5.74, 6) is 0. The fourth-order valence-electron chi connectivity index (χ4n) is 1.38. The van der Waals surface area contributed by atoms with Crippen LogP contribution >= 0.6 is 15.9 Å². The van der Waals surface area contributed by atoms with Crippen molar-refractivity contribution in [1.82, 2.24) is 0 Å². The first-order valence-corrected chi connectivity index (χ1v) is 6.34. The normalized spacial score (nSPS) is 11.6. The van der Waals surface area contributed by atoms with Gasteiger partial charge in [-0.1, -0.05) is 35.0 Å². The molecule has 17 heavy (non-hydrogen) atoms. The van der Waals surface area contributed by atoms with Crippen molar-refractivity contribution in [2.75, 3.05) is 20.8 Å². The Morgan fingerprint density at radius 1 is 1.35 bits per heavy atom. The zero-order chi connectivity index (χ0) is 12.7. The molecule has 0 amide bonds. The zero-order valence-electron chi connectivity index (χ0n) is 10.4. The lowest BCUT2D eigenvalue weighted by molar-refractivity contribution is -0.0936. The van der Waals surface area contributed by atoms with Gasteiger partial charge >= 0.3 is 0 Å². The fraction of sp³-hybridized carbons (Fsp3) is 0.462. The summed E-state index contributed by atoms with van der Waals surface area (Å²) in [5.41, 5.74) is 2.37. The van der Waals surface area contributed by atoms with E-state index >= 15 is 0 Å². The molecule has 0 aromatic heterocycles. The SMILES string of the molecule is CCc1ccc(C=NCC(OC)OC)c(Br)c1. The molecule has 0 saturated heterocycles. The summed E-state index contributed by atoms with van der Waals surface area (Å²) < 4.78 is 11.2. The summed E-state index contributed by atoms with van der Waals surface area (Å²) in [6, 6.07) is 6.28. The van der Waals surface area contributed by atoms with Crippen molar-refractivity contribution in [2.45, 2.75) is 19.6 Å². The van der Waals surface area contributed by atoms with E-state index in [2.05, 4.69) is 46.0 Å². The molecule has 1 aromatic rings. The Hall–Kier alpha value is -0.710. The molecular formula is C13H18BrNO2.